The van der Waals surface area contributed by atoms with Crippen molar-refractivity contribution in [2.75, 3.05) is 58.0 Å². The largest absolute Gasteiger partial charge is 0.369 e. The molecule has 1 aromatic heterocycles. The van der Waals surface area contributed by atoms with Crippen molar-refractivity contribution in [3.05, 3.63) is 53.7 Å². The first-order valence-corrected chi connectivity index (χ1v) is 12.5. The fourth-order valence-corrected chi connectivity index (χ4v) is 3.06. The minimum Gasteiger partial charge on any atom is -0.369 e. The Morgan fingerprint density at radius 3 is 2.58 bits per heavy atom. The Bertz CT molecular complexity index is 1190. The summed E-state index contributed by atoms with van der Waals surface area (Å²) in [5.74, 6) is 6.88. The third-order valence-corrected chi connectivity index (χ3v) is 5.18. The highest BCUT2D eigenvalue weighted by Gasteiger charge is 2.07. The summed E-state index contributed by atoms with van der Waals surface area (Å²) < 4.78 is 0. The van der Waals surface area contributed by atoms with E-state index < -0.39 is 0 Å². The monoisotopic (exact) mass is 516 g/mol. The summed E-state index contributed by atoms with van der Waals surface area (Å²) in [6.07, 6.45) is 6.55. The molecule has 0 fully saturated rings. The highest BCUT2D eigenvalue weighted by Crippen LogP contribution is 2.17. The molecule has 10 heteroatoms. The van der Waals surface area contributed by atoms with Gasteiger partial charge in [0.1, 0.15) is 5.82 Å². The van der Waals surface area contributed by atoms with E-state index in [4.69, 9.17) is 5.26 Å². The van der Waals surface area contributed by atoms with Crippen molar-refractivity contribution in [1.29, 1.82) is 5.26 Å². The van der Waals surface area contributed by atoms with E-state index in [1.54, 1.807) is 48.5 Å². The predicted octanol–water partition coefficient (Wildman–Crippen LogP) is 2.74. The van der Waals surface area contributed by atoms with Gasteiger partial charge in [0, 0.05) is 57.8 Å². The first-order chi connectivity index (χ1) is 18.3. The second kappa shape index (κ2) is 16.4. The van der Waals surface area contributed by atoms with Crippen LogP contribution in [0.25, 0.3) is 0 Å². The van der Waals surface area contributed by atoms with Gasteiger partial charge in [-0.3, -0.25) is 9.59 Å². The second-order valence-electron chi connectivity index (χ2n) is 8.77. The van der Waals surface area contributed by atoms with Crippen LogP contribution in [0.1, 0.15) is 37.3 Å². The molecule has 2 rings (SSSR count). The first kappa shape index (κ1) is 29.8. The molecule has 0 spiro atoms. The summed E-state index contributed by atoms with van der Waals surface area (Å²) in [5, 5.41) is 18.2. The minimum absolute atomic E-state index is 0.0974. The average Bonchev–Trinajstić information content (AvgIpc) is 2.90. The molecule has 1 heterocycles. The minimum atomic E-state index is -0.120. The topological polar surface area (TPSA) is 126 Å². The molecular weight excluding hydrogens is 480 g/mol. The van der Waals surface area contributed by atoms with Crippen LogP contribution < -0.4 is 16.0 Å². The molecule has 0 aliphatic rings. The molecular formula is C28H36N8O2. The zero-order valence-electron chi connectivity index (χ0n) is 22.5. The molecule has 0 saturated heterocycles. The zero-order chi connectivity index (χ0) is 27.8. The Morgan fingerprint density at radius 2 is 1.89 bits per heavy atom. The summed E-state index contributed by atoms with van der Waals surface area (Å²) in [7, 11) is 5.57. The molecule has 2 amide bonds. The van der Waals surface area contributed by atoms with Crippen molar-refractivity contribution >= 4 is 29.3 Å². The van der Waals surface area contributed by atoms with Crippen LogP contribution in [-0.4, -0.2) is 78.9 Å². The van der Waals surface area contributed by atoms with E-state index in [2.05, 4.69) is 50.8 Å². The van der Waals surface area contributed by atoms with Crippen LogP contribution in [0.3, 0.4) is 0 Å². The maximum absolute atomic E-state index is 12.2. The van der Waals surface area contributed by atoms with Gasteiger partial charge in [-0.05, 0) is 44.8 Å². The highest BCUT2D eigenvalue weighted by molar-refractivity contribution is 5.87. The SMILES string of the molecule is CCCNc1nc(Nc2ccc(C#N)cc2)ncc1C#CCCC(=O)NCCN(C)C(=O)C=CCN(C)C. The number of benzene rings is 1. The molecule has 0 unspecified atom stereocenters. The third-order valence-electron chi connectivity index (χ3n) is 5.18. The third kappa shape index (κ3) is 11.1. The van der Waals surface area contributed by atoms with Crippen molar-refractivity contribution < 1.29 is 9.59 Å². The summed E-state index contributed by atoms with van der Waals surface area (Å²) in [5.41, 5.74) is 1.99. The predicted molar refractivity (Wildman–Crippen MR) is 150 cm³/mol. The van der Waals surface area contributed by atoms with Crippen molar-refractivity contribution in [2.24, 2.45) is 0 Å². The molecule has 2 aromatic rings. The molecule has 38 heavy (non-hydrogen) atoms. The zero-order valence-corrected chi connectivity index (χ0v) is 22.5. The second-order valence-corrected chi connectivity index (χ2v) is 8.77. The van der Waals surface area contributed by atoms with Crippen molar-refractivity contribution in [1.82, 2.24) is 25.1 Å². The lowest BCUT2D eigenvalue weighted by Crippen LogP contribution is -2.35. The van der Waals surface area contributed by atoms with Gasteiger partial charge in [-0.2, -0.15) is 10.2 Å². The molecule has 200 valence electrons. The molecule has 1 aromatic carbocycles. The number of likely N-dealkylation sites (N-methyl/N-ethyl adjacent to an activating group) is 2. The lowest BCUT2D eigenvalue weighted by atomic mass is 10.2. The van der Waals surface area contributed by atoms with Crippen molar-refractivity contribution in [2.45, 2.75) is 26.2 Å². The normalized spacial score (nSPS) is 10.4. The van der Waals surface area contributed by atoms with Crippen LogP contribution in [0.4, 0.5) is 17.5 Å². The van der Waals surface area contributed by atoms with Gasteiger partial charge in [0.25, 0.3) is 0 Å². The molecule has 0 atom stereocenters. The van der Waals surface area contributed by atoms with Crippen LogP contribution >= 0.6 is 0 Å². The summed E-state index contributed by atoms with van der Waals surface area (Å²) in [6, 6.07) is 9.11. The Labute approximate surface area is 225 Å². The number of amides is 2. The quantitative estimate of drug-likeness (QED) is 0.274. The Balaban J connectivity index is 1.85. The molecule has 0 aliphatic carbocycles. The number of nitriles is 1. The van der Waals surface area contributed by atoms with E-state index in [9.17, 15) is 9.59 Å². The highest BCUT2D eigenvalue weighted by atomic mass is 16.2. The van der Waals surface area contributed by atoms with E-state index in [0.29, 0.717) is 48.9 Å². The van der Waals surface area contributed by atoms with E-state index >= 15 is 0 Å². The van der Waals surface area contributed by atoms with Crippen LogP contribution in [0, 0.1) is 23.2 Å². The number of aromatic nitrogens is 2. The summed E-state index contributed by atoms with van der Waals surface area (Å²) >= 11 is 0. The van der Waals surface area contributed by atoms with Crippen LogP contribution in [0.15, 0.2) is 42.6 Å². The summed E-state index contributed by atoms with van der Waals surface area (Å²) in [4.78, 5) is 36.6. The van der Waals surface area contributed by atoms with E-state index in [0.717, 1.165) is 18.7 Å². The summed E-state index contributed by atoms with van der Waals surface area (Å²) in [6.45, 7) is 4.29. The maximum Gasteiger partial charge on any atom is 0.246 e. The lowest BCUT2D eigenvalue weighted by molar-refractivity contribution is -0.125. The Hall–Kier alpha value is -4.41. The lowest BCUT2D eigenvalue weighted by Gasteiger charge is -2.15. The number of hydrogen-bond donors (Lipinski definition) is 3. The fourth-order valence-electron chi connectivity index (χ4n) is 3.06. The van der Waals surface area contributed by atoms with Gasteiger partial charge in [-0.15, -0.1) is 0 Å². The molecule has 0 saturated carbocycles. The van der Waals surface area contributed by atoms with Crippen LogP contribution in [-0.2, 0) is 9.59 Å². The van der Waals surface area contributed by atoms with Crippen molar-refractivity contribution in [3.8, 4) is 17.9 Å². The van der Waals surface area contributed by atoms with Gasteiger partial charge in [-0.25, -0.2) is 4.98 Å². The maximum atomic E-state index is 12.2. The number of anilines is 3. The number of nitrogens with one attached hydrogen (secondary N) is 3. The molecule has 0 bridgehead atoms. The molecule has 3 N–H and O–H groups in total. The molecule has 0 radical (unpaired) electrons. The van der Waals surface area contributed by atoms with Crippen molar-refractivity contribution in [3.63, 3.8) is 0 Å². The number of carbonyl (C=O) groups is 2. The van der Waals surface area contributed by atoms with E-state index in [1.807, 2.05) is 25.1 Å². The van der Waals surface area contributed by atoms with Gasteiger partial charge in [0.05, 0.1) is 23.4 Å². The number of nitrogens with zero attached hydrogens (tertiary/aromatic N) is 5. The van der Waals surface area contributed by atoms with E-state index in [-0.39, 0.29) is 18.2 Å². The smallest absolute Gasteiger partial charge is 0.246 e. The molecule has 10 nitrogen and oxygen atoms in total. The van der Waals surface area contributed by atoms with Gasteiger partial charge in [0.2, 0.25) is 17.8 Å². The van der Waals surface area contributed by atoms with Crippen LogP contribution in [0.5, 0.6) is 0 Å². The molecule has 0 aliphatic heterocycles. The van der Waals surface area contributed by atoms with Gasteiger partial charge >= 0.3 is 0 Å². The Kier molecular flexibility index (Phi) is 12.8. The van der Waals surface area contributed by atoms with Gasteiger partial charge in [0.15, 0.2) is 0 Å². The van der Waals surface area contributed by atoms with E-state index in [1.165, 1.54) is 0 Å². The number of carbonyl (C=O) groups excluding carboxylic acids is 2. The van der Waals surface area contributed by atoms with Gasteiger partial charge in [-0.1, -0.05) is 24.8 Å². The average molecular weight is 517 g/mol. The number of rotatable bonds is 13. The first-order valence-electron chi connectivity index (χ1n) is 12.5. The Morgan fingerprint density at radius 1 is 1.13 bits per heavy atom. The van der Waals surface area contributed by atoms with Crippen LogP contribution in [0.2, 0.25) is 0 Å². The van der Waals surface area contributed by atoms with Gasteiger partial charge < -0.3 is 25.8 Å². The number of hydrogen-bond acceptors (Lipinski definition) is 8. The fraction of sp³-hybridized carbons (Fsp3) is 0.393. The standard InChI is InChI=1S/C28H36N8O2/c1-5-16-31-27-23(21-32-28(34-27)33-24-14-12-22(20-29)13-15-24)9-6-7-10-25(37)30-17-19-36(4)26(38)11-8-18-35(2)3/h8,11-15,21H,5,7,10,16-19H2,1-4H3,(H,30,37)(H2,31,32,33,34).